The van der Waals surface area contributed by atoms with Crippen molar-refractivity contribution in [2.75, 3.05) is 11.5 Å². The van der Waals surface area contributed by atoms with Gasteiger partial charge in [-0.05, 0) is 23.3 Å². The van der Waals surface area contributed by atoms with Crippen LogP contribution >= 0.6 is 11.8 Å². The lowest BCUT2D eigenvalue weighted by Crippen LogP contribution is -1.99. The molecule has 0 aromatic heterocycles. The van der Waals surface area contributed by atoms with Crippen molar-refractivity contribution < 1.29 is 4.92 Å². The van der Waals surface area contributed by atoms with Crippen LogP contribution in [0.5, 0.6) is 0 Å². The van der Waals surface area contributed by atoms with Crippen molar-refractivity contribution in [2.24, 2.45) is 5.92 Å². The van der Waals surface area contributed by atoms with Gasteiger partial charge in [-0.3, -0.25) is 10.1 Å². The van der Waals surface area contributed by atoms with E-state index in [1.807, 2.05) is 0 Å². The second kappa shape index (κ2) is 6.49. The molecule has 0 bridgehead atoms. The van der Waals surface area contributed by atoms with E-state index in [1.54, 1.807) is 23.9 Å². The van der Waals surface area contributed by atoms with Crippen LogP contribution in [0.2, 0.25) is 0 Å². The largest absolute Gasteiger partial charge is 0.398 e. The fourth-order valence-electron chi connectivity index (χ4n) is 1.32. The smallest absolute Gasteiger partial charge is 0.269 e. The Balaban J connectivity index is 2.63. The van der Waals surface area contributed by atoms with E-state index in [0.29, 0.717) is 11.6 Å². The third-order valence-electron chi connectivity index (χ3n) is 2.69. The molecule has 0 aliphatic carbocycles. The number of thioether (sulfide) groups is 1. The van der Waals surface area contributed by atoms with Gasteiger partial charge in [-0.2, -0.15) is 11.8 Å². The Kier molecular flexibility index (Phi) is 5.28. The highest BCUT2D eigenvalue weighted by atomic mass is 32.2. The Labute approximate surface area is 106 Å². The van der Waals surface area contributed by atoms with Crippen LogP contribution in [-0.4, -0.2) is 10.7 Å². The van der Waals surface area contributed by atoms with E-state index < -0.39 is 0 Å². The summed E-state index contributed by atoms with van der Waals surface area (Å²) in [5.74, 6) is 2.45. The molecular weight excluding hydrogens is 236 g/mol. The average molecular weight is 254 g/mol. The second-order valence-corrected chi connectivity index (χ2v) is 5.20. The van der Waals surface area contributed by atoms with E-state index in [-0.39, 0.29) is 10.6 Å². The minimum absolute atomic E-state index is 0.110. The standard InChI is InChI=1S/C12H18N2O2S/c1-3-9(2)7-17-8-10-6-11(14(15)16)4-5-12(10)13/h4-6,9H,3,7-8,13H2,1-2H3. The molecule has 1 rings (SSSR count). The predicted octanol–water partition coefficient (Wildman–Crippen LogP) is 3.46. The number of nitrogens with zero attached hydrogens (tertiary/aromatic N) is 1. The molecule has 1 unspecified atom stereocenters. The topological polar surface area (TPSA) is 69.2 Å². The maximum absolute atomic E-state index is 10.7. The molecule has 0 fully saturated rings. The predicted molar refractivity (Wildman–Crippen MR) is 73.1 cm³/mol. The third kappa shape index (κ3) is 4.26. The minimum Gasteiger partial charge on any atom is -0.398 e. The van der Waals surface area contributed by atoms with Crippen molar-refractivity contribution >= 4 is 23.1 Å². The highest BCUT2D eigenvalue weighted by molar-refractivity contribution is 7.98. The van der Waals surface area contributed by atoms with Crippen molar-refractivity contribution in [1.82, 2.24) is 0 Å². The molecule has 0 radical (unpaired) electrons. The Morgan fingerprint density at radius 2 is 2.24 bits per heavy atom. The normalized spacial score (nSPS) is 12.4. The molecule has 0 saturated heterocycles. The summed E-state index contributed by atoms with van der Waals surface area (Å²) in [6.45, 7) is 4.36. The van der Waals surface area contributed by atoms with Gasteiger partial charge in [-0.1, -0.05) is 20.3 Å². The first-order valence-corrected chi connectivity index (χ1v) is 6.80. The number of hydrogen-bond acceptors (Lipinski definition) is 4. The minimum atomic E-state index is -0.387. The van der Waals surface area contributed by atoms with Crippen LogP contribution in [0.1, 0.15) is 25.8 Å². The van der Waals surface area contributed by atoms with Crippen LogP contribution in [0.4, 0.5) is 11.4 Å². The van der Waals surface area contributed by atoms with Gasteiger partial charge >= 0.3 is 0 Å². The Morgan fingerprint density at radius 3 is 2.82 bits per heavy atom. The van der Waals surface area contributed by atoms with Crippen molar-refractivity contribution in [2.45, 2.75) is 26.0 Å². The molecule has 17 heavy (non-hydrogen) atoms. The monoisotopic (exact) mass is 254 g/mol. The maximum atomic E-state index is 10.7. The molecular formula is C12H18N2O2S. The molecule has 1 aromatic carbocycles. The van der Waals surface area contributed by atoms with Crippen molar-refractivity contribution in [3.05, 3.63) is 33.9 Å². The highest BCUT2D eigenvalue weighted by Crippen LogP contribution is 2.25. The van der Waals surface area contributed by atoms with Gasteiger partial charge in [0.05, 0.1) is 4.92 Å². The SMILES string of the molecule is CCC(C)CSCc1cc([N+](=O)[O-])ccc1N. The zero-order valence-electron chi connectivity index (χ0n) is 10.2. The summed E-state index contributed by atoms with van der Waals surface area (Å²) >= 11 is 1.77. The van der Waals surface area contributed by atoms with Gasteiger partial charge in [0.15, 0.2) is 0 Å². The Morgan fingerprint density at radius 1 is 1.53 bits per heavy atom. The number of benzene rings is 1. The van der Waals surface area contributed by atoms with Gasteiger partial charge in [0.25, 0.3) is 5.69 Å². The fraction of sp³-hybridized carbons (Fsp3) is 0.500. The molecule has 0 spiro atoms. The van der Waals surface area contributed by atoms with Crippen LogP contribution in [0.3, 0.4) is 0 Å². The first-order valence-electron chi connectivity index (χ1n) is 5.65. The Hall–Kier alpha value is -1.23. The molecule has 0 aliphatic rings. The van der Waals surface area contributed by atoms with E-state index >= 15 is 0 Å². The first kappa shape index (κ1) is 13.8. The zero-order valence-corrected chi connectivity index (χ0v) is 11.0. The number of rotatable bonds is 6. The molecule has 4 nitrogen and oxygen atoms in total. The number of nitro benzene ring substituents is 1. The number of non-ortho nitro benzene ring substituents is 1. The molecule has 5 heteroatoms. The molecule has 1 atom stereocenters. The van der Waals surface area contributed by atoms with Crippen LogP contribution in [-0.2, 0) is 5.75 Å². The summed E-state index contributed by atoms with van der Waals surface area (Å²) in [5.41, 5.74) is 7.40. The fourth-order valence-corrected chi connectivity index (χ4v) is 2.54. The van der Waals surface area contributed by atoms with Crippen molar-refractivity contribution in [1.29, 1.82) is 0 Å². The number of nitrogen functional groups attached to an aromatic ring is 1. The van der Waals surface area contributed by atoms with E-state index in [0.717, 1.165) is 23.5 Å². The molecule has 2 N–H and O–H groups in total. The van der Waals surface area contributed by atoms with Gasteiger partial charge in [-0.25, -0.2) is 0 Å². The summed E-state index contributed by atoms with van der Waals surface area (Å²) in [6, 6.07) is 4.62. The van der Waals surface area contributed by atoms with Crippen LogP contribution in [0.25, 0.3) is 0 Å². The summed E-state index contributed by atoms with van der Waals surface area (Å²) in [6.07, 6.45) is 1.15. The van der Waals surface area contributed by atoms with Crippen molar-refractivity contribution in [3.8, 4) is 0 Å². The number of nitrogens with two attached hydrogens (primary N) is 1. The third-order valence-corrected chi connectivity index (χ3v) is 4.01. The van der Waals surface area contributed by atoms with E-state index in [9.17, 15) is 10.1 Å². The average Bonchev–Trinajstić information content (AvgIpc) is 2.30. The van der Waals surface area contributed by atoms with Crippen molar-refractivity contribution in [3.63, 3.8) is 0 Å². The molecule has 0 heterocycles. The summed E-state index contributed by atoms with van der Waals surface area (Å²) < 4.78 is 0. The first-order chi connectivity index (χ1) is 8.04. The second-order valence-electron chi connectivity index (χ2n) is 4.17. The van der Waals surface area contributed by atoms with Gasteiger partial charge in [-0.15, -0.1) is 0 Å². The van der Waals surface area contributed by atoms with E-state index in [1.165, 1.54) is 6.07 Å². The van der Waals surface area contributed by atoms with Crippen LogP contribution in [0.15, 0.2) is 18.2 Å². The zero-order chi connectivity index (χ0) is 12.8. The lowest BCUT2D eigenvalue weighted by Gasteiger charge is -2.09. The molecule has 0 amide bonds. The van der Waals surface area contributed by atoms with Gasteiger partial charge in [0.2, 0.25) is 0 Å². The summed E-state index contributed by atoms with van der Waals surface area (Å²) in [7, 11) is 0. The number of anilines is 1. The summed E-state index contributed by atoms with van der Waals surface area (Å²) in [5, 5.41) is 10.7. The maximum Gasteiger partial charge on any atom is 0.269 e. The van der Waals surface area contributed by atoms with Crippen LogP contribution < -0.4 is 5.73 Å². The van der Waals surface area contributed by atoms with Gasteiger partial charge in [0, 0.05) is 23.6 Å². The lowest BCUT2D eigenvalue weighted by atomic mass is 10.2. The van der Waals surface area contributed by atoms with Gasteiger partial charge < -0.3 is 5.73 Å². The highest BCUT2D eigenvalue weighted by Gasteiger charge is 2.09. The number of nitro groups is 1. The van der Waals surface area contributed by atoms with E-state index in [4.69, 9.17) is 5.73 Å². The van der Waals surface area contributed by atoms with Gasteiger partial charge in [0.1, 0.15) is 0 Å². The molecule has 94 valence electrons. The molecule has 0 saturated carbocycles. The lowest BCUT2D eigenvalue weighted by molar-refractivity contribution is -0.384. The molecule has 0 aliphatic heterocycles. The number of hydrogen-bond donors (Lipinski definition) is 1. The molecule has 1 aromatic rings. The summed E-state index contributed by atoms with van der Waals surface area (Å²) in [4.78, 5) is 10.3. The Bertz CT molecular complexity index is 396. The quantitative estimate of drug-likeness (QED) is 0.479. The van der Waals surface area contributed by atoms with Crippen LogP contribution in [0, 0.1) is 16.0 Å². The van der Waals surface area contributed by atoms with E-state index in [2.05, 4.69) is 13.8 Å².